The Hall–Kier alpha value is -3.70. The van der Waals surface area contributed by atoms with Crippen molar-refractivity contribution in [2.24, 2.45) is 0 Å². The van der Waals surface area contributed by atoms with Gasteiger partial charge in [0.15, 0.2) is 0 Å². The van der Waals surface area contributed by atoms with E-state index in [0.29, 0.717) is 21.5 Å². The molecule has 0 atom stereocenters. The first-order chi connectivity index (χ1) is 14.4. The summed E-state index contributed by atoms with van der Waals surface area (Å²) in [7, 11) is 0. The lowest BCUT2D eigenvalue weighted by molar-refractivity contribution is -0.387. The van der Waals surface area contributed by atoms with E-state index in [1.54, 1.807) is 47.2 Å². The Morgan fingerprint density at radius 2 is 1.77 bits per heavy atom. The average Bonchev–Trinajstić information content (AvgIpc) is 3.04. The topological polar surface area (TPSA) is 71.9 Å². The van der Waals surface area contributed by atoms with Gasteiger partial charge in [-0.3, -0.25) is 10.1 Å². The van der Waals surface area contributed by atoms with Crippen LogP contribution in [0.4, 0.5) is 14.5 Å². The lowest BCUT2D eigenvalue weighted by Crippen LogP contribution is -1.99. The lowest BCUT2D eigenvalue weighted by Gasteiger charge is -2.06. The van der Waals surface area contributed by atoms with Crippen molar-refractivity contribution in [1.29, 1.82) is 5.26 Å². The van der Waals surface area contributed by atoms with Crippen LogP contribution in [-0.4, -0.2) is 9.49 Å². The molecular weight excluding hydrogens is 408 g/mol. The van der Waals surface area contributed by atoms with Gasteiger partial charge in [-0.1, -0.05) is 30.0 Å². The van der Waals surface area contributed by atoms with E-state index in [9.17, 15) is 24.2 Å². The van der Waals surface area contributed by atoms with Crippen molar-refractivity contribution in [2.75, 3.05) is 0 Å². The first-order valence-electron chi connectivity index (χ1n) is 8.84. The predicted molar refractivity (Wildman–Crippen MR) is 109 cm³/mol. The van der Waals surface area contributed by atoms with Gasteiger partial charge < -0.3 is 4.57 Å². The Labute approximate surface area is 174 Å². The number of nitrogens with zero attached hydrogens (tertiary/aromatic N) is 3. The average molecular weight is 421 g/mol. The molecule has 148 valence electrons. The van der Waals surface area contributed by atoms with Crippen LogP contribution in [0, 0.1) is 33.1 Å². The summed E-state index contributed by atoms with van der Waals surface area (Å²) in [5, 5.41) is 21.4. The molecule has 0 aliphatic carbocycles. The molecule has 0 aliphatic heterocycles. The molecule has 8 heteroatoms. The smallest absolute Gasteiger partial charge is 0.283 e. The number of hydrogen-bond donors (Lipinski definition) is 0. The standard InChI is InChI=1S/C22H13F2N3O2S/c23-16-7-15(8-17(24)10-16)12-26-13-22(18-6-5-14(11-25)9-20(18)26)30-21-4-2-1-3-19(21)27(28)29/h1-10,13H,12H2. The zero-order valence-corrected chi connectivity index (χ0v) is 16.2. The Morgan fingerprint density at radius 1 is 1.03 bits per heavy atom. The first kappa shape index (κ1) is 19.6. The number of nitro groups is 1. The summed E-state index contributed by atoms with van der Waals surface area (Å²) < 4.78 is 29.0. The third kappa shape index (κ3) is 3.88. The van der Waals surface area contributed by atoms with Gasteiger partial charge in [0.1, 0.15) is 11.6 Å². The van der Waals surface area contributed by atoms with E-state index >= 15 is 0 Å². The number of benzene rings is 3. The molecule has 30 heavy (non-hydrogen) atoms. The number of para-hydroxylation sites is 1. The second kappa shape index (κ2) is 7.97. The SMILES string of the molecule is N#Cc1ccc2c(Sc3ccccc3[N+](=O)[O-])cn(Cc3cc(F)cc(F)c3)c2c1. The second-order valence-electron chi connectivity index (χ2n) is 6.57. The molecule has 4 aromatic rings. The Morgan fingerprint density at radius 3 is 2.47 bits per heavy atom. The molecule has 0 unspecified atom stereocenters. The molecule has 0 bridgehead atoms. The maximum absolute atomic E-state index is 13.6. The van der Waals surface area contributed by atoms with Crippen LogP contribution in [0.3, 0.4) is 0 Å². The highest BCUT2D eigenvalue weighted by atomic mass is 32.2. The molecule has 1 aromatic heterocycles. The van der Waals surface area contributed by atoms with E-state index in [-0.39, 0.29) is 12.2 Å². The zero-order valence-electron chi connectivity index (χ0n) is 15.4. The molecular formula is C22H13F2N3O2S. The van der Waals surface area contributed by atoms with E-state index in [4.69, 9.17) is 0 Å². The molecule has 0 aliphatic rings. The molecule has 0 amide bonds. The minimum absolute atomic E-state index is 0.00996. The van der Waals surface area contributed by atoms with Crippen LogP contribution >= 0.6 is 11.8 Å². The summed E-state index contributed by atoms with van der Waals surface area (Å²) >= 11 is 1.23. The molecule has 0 saturated carbocycles. The highest BCUT2D eigenvalue weighted by Gasteiger charge is 2.17. The number of rotatable bonds is 5. The van der Waals surface area contributed by atoms with Crippen LogP contribution in [0.2, 0.25) is 0 Å². The maximum Gasteiger partial charge on any atom is 0.283 e. The van der Waals surface area contributed by atoms with E-state index in [0.717, 1.165) is 16.3 Å². The van der Waals surface area contributed by atoms with Gasteiger partial charge in [0.05, 0.1) is 27.0 Å². The number of hydrogen-bond acceptors (Lipinski definition) is 4. The third-order valence-corrected chi connectivity index (χ3v) is 5.64. The molecule has 5 nitrogen and oxygen atoms in total. The normalized spacial score (nSPS) is 10.8. The highest BCUT2D eigenvalue weighted by Crippen LogP contribution is 2.39. The van der Waals surface area contributed by atoms with Gasteiger partial charge in [0.25, 0.3) is 5.69 Å². The molecule has 1 heterocycles. The molecule has 0 saturated heterocycles. The third-order valence-electron chi connectivity index (χ3n) is 4.53. The highest BCUT2D eigenvalue weighted by molar-refractivity contribution is 7.99. The Kier molecular flexibility index (Phi) is 5.21. The fourth-order valence-corrected chi connectivity index (χ4v) is 4.34. The largest absolute Gasteiger partial charge is 0.342 e. The van der Waals surface area contributed by atoms with Crippen molar-refractivity contribution < 1.29 is 13.7 Å². The number of nitriles is 1. The lowest BCUT2D eigenvalue weighted by atomic mass is 10.1. The van der Waals surface area contributed by atoms with E-state index in [1.165, 1.54) is 30.0 Å². The minimum atomic E-state index is -0.673. The van der Waals surface area contributed by atoms with Crippen LogP contribution in [0.5, 0.6) is 0 Å². The summed E-state index contributed by atoms with van der Waals surface area (Å²) in [5.41, 5.74) is 1.55. The number of aromatic nitrogens is 1. The number of halogens is 2. The first-order valence-corrected chi connectivity index (χ1v) is 9.65. The van der Waals surface area contributed by atoms with Crippen LogP contribution in [0.25, 0.3) is 10.9 Å². The summed E-state index contributed by atoms with van der Waals surface area (Å²) in [5.74, 6) is -1.35. The Balaban J connectivity index is 1.82. The van der Waals surface area contributed by atoms with Gasteiger partial charge in [-0.05, 0) is 35.9 Å². The van der Waals surface area contributed by atoms with Gasteiger partial charge in [-0.25, -0.2) is 8.78 Å². The number of nitro benzene ring substituents is 1. The molecule has 0 fully saturated rings. The predicted octanol–water partition coefficient (Wildman–Crippen LogP) is 5.90. The fourth-order valence-electron chi connectivity index (χ4n) is 3.25. The summed E-state index contributed by atoms with van der Waals surface area (Å²) in [6.07, 6.45) is 1.77. The van der Waals surface area contributed by atoms with Gasteiger partial charge in [0, 0.05) is 35.2 Å². The monoisotopic (exact) mass is 421 g/mol. The van der Waals surface area contributed by atoms with Crippen molar-refractivity contribution in [1.82, 2.24) is 4.57 Å². The van der Waals surface area contributed by atoms with Crippen LogP contribution in [0.1, 0.15) is 11.1 Å². The van der Waals surface area contributed by atoms with Crippen LogP contribution in [0.15, 0.2) is 76.7 Å². The molecule has 0 spiro atoms. The molecule has 0 radical (unpaired) electrons. The quantitative estimate of drug-likeness (QED) is 0.297. The van der Waals surface area contributed by atoms with Crippen molar-refractivity contribution in [2.45, 2.75) is 16.3 Å². The number of fused-ring (bicyclic) bond motifs is 1. The second-order valence-corrected chi connectivity index (χ2v) is 7.65. The van der Waals surface area contributed by atoms with Gasteiger partial charge in [0.2, 0.25) is 0 Å². The van der Waals surface area contributed by atoms with Crippen LogP contribution < -0.4 is 0 Å². The fraction of sp³-hybridized carbons (Fsp3) is 0.0455. The zero-order chi connectivity index (χ0) is 21.3. The van der Waals surface area contributed by atoms with Gasteiger partial charge >= 0.3 is 0 Å². The summed E-state index contributed by atoms with van der Waals surface area (Å²) in [6.45, 7) is 0.178. The molecule has 0 N–H and O–H groups in total. The maximum atomic E-state index is 13.6. The molecule has 4 rings (SSSR count). The van der Waals surface area contributed by atoms with Crippen LogP contribution in [-0.2, 0) is 6.54 Å². The minimum Gasteiger partial charge on any atom is -0.342 e. The summed E-state index contributed by atoms with van der Waals surface area (Å²) in [6, 6.07) is 16.9. The van der Waals surface area contributed by atoms with Gasteiger partial charge in [-0.15, -0.1) is 0 Å². The van der Waals surface area contributed by atoms with Crippen molar-refractivity contribution in [3.63, 3.8) is 0 Å². The van der Waals surface area contributed by atoms with Crippen molar-refractivity contribution in [3.8, 4) is 6.07 Å². The van der Waals surface area contributed by atoms with E-state index in [1.807, 2.05) is 0 Å². The Bertz CT molecular complexity index is 1310. The van der Waals surface area contributed by atoms with Gasteiger partial charge in [-0.2, -0.15) is 5.26 Å². The van der Waals surface area contributed by atoms with E-state index < -0.39 is 16.6 Å². The van der Waals surface area contributed by atoms with E-state index in [2.05, 4.69) is 6.07 Å². The van der Waals surface area contributed by atoms with Crippen molar-refractivity contribution >= 4 is 28.4 Å². The summed E-state index contributed by atoms with van der Waals surface area (Å²) in [4.78, 5) is 12.1. The molecule has 3 aromatic carbocycles. The van der Waals surface area contributed by atoms with Crippen molar-refractivity contribution in [3.05, 3.63) is 99.7 Å².